The van der Waals surface area contributed by atoms with Crippen LogP contribution in [0.3, 0.4) is 0 Å². The highest BCUT2D eigenvalue weighted by molar-refractivity contribution is 6.12. The van der Waals surface area contributed by atoms with Crippen LogP contribution in [0.4, 0.5) is 0 Å². The molecule has 0 spiro atoms. The number of fused-ring (bicyclic) bond motifs is 6. The monoisotopic (exact) mass is 499 g/mol. The summed E-state index contributed by atoms with van der Waals surface area (Å²) in [5.74, 6) is 2.06. The van der Waals surface area contributed by atoms with Crippen LogP contribution in [0, 0.1) is 11.8 Å². The van der Waals surface area contributed by atoms with Crippen LogP contribution in [-0.2, 0) is 0 Å². The molecule has 190 valence electrons. The first kappa shape index (κ1) is 23.4. The lowest BCUT2D eigenvalue weighted by molar-refractivity contribution is 0.00750. The lowest BCUT2D eigenvalue weighted by Crippen LogP contribution is -2.56. The van der Waals surface area contributed by atoms with Gasteiger partial charge in [-0.05, 0) is 88.7 Å². The molecule has 4 nitrogen and oxygen atoms in total. The van der Waals surface area contributed by atoms with Gasteiger partial charge in [-0.3, -0.25) is 4.90 Å². The number of piperidine rings is 3. The summed E-state index contributed by atoms with van der Waals surface area (Å²) < 4.78 is 5.62. The first-order valence-electron chi connectivity index (χ1n) is 13.7. The zero-order chi connectivity index (χ0) is 25.8. The molecule has 38 heavy (non-hydrogen) atoms. The van der Waals surface area contributed by atoms with Crippen LogP contribution in [0.5, 0.6) is 5.75 Å². The maximum atomic E-state index is 7.24. The van der Waals surface area contributed by atoms with Gasteiger partial charge in [-0.15, -0.1) is 6.58 Å². The van der Waals surface area contributed by atoms with Gasteiger partial charge in [0.2, 0.25) is 0 Å². The third kappa shape index (κ3) is 3.71. The van der Waals surface area contributed by atoms with E-state index in [0.29, 0.717) is 17.9 Å². The number of nitrogens with zero attached hydrogens (tertiary/aromatic N) is 2. The van der Waals surface area contributed by atoms with E-state index in [1.165, 1.54) is 33.5 Å². The van der Waals surface area contributed by atoms with Gasteiger partial charge in [0.25, 0.3) is 0 Å². The third-order valence-corrected chi connectivity index (χ3v) is 9.00. The fourth-order valence-corrected chi connectivity index (χ4v) is 7.01. The zero-order valence-corrected chi connectivity index (χ0v) is 21.8. The highest BCUT2D eigenvalue weighted by Gasteiger charge is 2.41. The second-order valence-corrected chi connectivity index (χ2v) is 10.9. The number of hydrogen-bond donors (Lipinski definition) is 1. The Morgan fingerprint density at radius 1 is 0.974 bits per heavy atom. The third-order valence-electron chi connectivity index (χ3n) is 9.00. The summed E-state index contributed by atoms with van der Waals surface area (Å²) in [6.45, 7) is 6.27. The van der Waals surface area contributed by atoms with Gasteiger partial charge < -0.3 is 10.5 Å². The van der Waals surface area contributed by atoms with E-state index in [2.05, 4.69) is 90.4 Å². The predicted molar refractivity (Wildman–Crippen MR) is 157 cm³/mol. The second-order valence-electron chi connectivity index (χ2n) is 10.9. The molecule has 2 N–H and O–H groups in total. The Morgan fingerprint density at radius 3 is 2.37 bits per heavy atom. The van der Waals surface area contributed by atoms with Gasteiger partial charge in [0, 0.05) is 29.6 Å². The van der Waals surface area contributed by atoms with E-state index < -0.39 is 0 Å². The smallest absolute Gasteiger partial charge is 0.119 e. The van der Waals surface area contributed by atoms with Gasteiger partial charge >= 0.3 is 0 Å². The van der Waals surface area contributed by atoms with Gasteiger partial charge in [0.1, 0.15) is 5.75 Å². The lowest BCUT2D eigenvalue weighted by atomic mass is 9.73. The summed E-state index contributed by atoms with van der Waals surface area (Å²) >= 11 is 0. The van der Waals surface area contributed by atoms with E-state index in [1.807, 2.05) is 6.07 Å². The second kappa shape index (κ2) is 9.23. The Labute approximate surface area is 223 Å². The Kier molecular flexibility index (Phi) is 5.68. The molecule has 0 radical (unpaired) electrons. The van der Waals surface area contributed by atoms with Gasteiger partial charge in [-0.2, -0.15) is 0 Å². The van der Waals surface area contributed by atoms with Crippen molar-refractivity contribution in [2.24, 2.45) is 17.6 Å². The zero-order valence-electron chi connectivity index (χ0n) is 21.8. The van der Waals surface area contributed by atoms with Crippen molar-refractivity contribution < 1.29 is 4.74 Å². The summed E-state index contributed by atoms with van der Waals surface area (Å²) in [4.78, 5) is 7.84. The summed E-state index contributed by atoms with van der Waals surface area (Å²) in [5, 5.41) is 5.93. The summed E-state index contributed by atoms with van der Waals surface area (Å²) in [6.07, 6.45) is 4.49. The maximum Gasteiger partial charge on any atom is 0.119 e. The van der Waals surface area contributed by atoms with Crippen molar-refractivity contribution in [3.05, 3.63) is 97.1 Å². The van der Waals surface area contributed by atoms with Crippen LogP contribution in [-0.4, -0.2) is 36.1 Å². The molecular weight excluding hydrogens is 466 g/mol. The number of aromatic nitrogens is 1. The average Bonchev–Trinajstić information content (AvgIpc) is 2.98. The van der Waals surface area contributed by atoms with Crippen molar-refractivity contribution in [3.63, 3.8) is 0 Å². The molecule has 3 fully saturated rings. The van der Waals surface area contributed by atoms with E-state index in [-0.39, 0.29) is 6.04 Å². The summed E-state index contributed by atoms with van der Waals surface area (Å²) in [7, 11) is 1.71. The topological polar surface area (TPSA) is 51.4 Å². The molecule has 5 atom stereocenters. The van der Waals surface area contributed by atoms with E-state index in [0.717, 1.165) is 47.4 Å². The minimum atomic E-state index is -0.124. The molecule has 5 aromatic rings. The fourth-order valence-electron chi connectivity index (χ4n) is 7.01. The highest BCUT2D eigenvalue weighted by atomic mass is 16.5. The Bertz CT molecular complexity index is 1640. The lowest BCUT2D eigenvalue weighted by Gasteiger charge is -2.51. The van der Waals surface area contributed by atoms with Crippen LogP contribution < -0.4 is 10.5 Å². The number of benzene rings is 4. The predicted octanol–water partition coefficient (Wildman–Crippen LogP) is 7.11. The number of rotatable bonds is 5. The molecular formula is C34H33N3O. The Hall–Kier alpha value is -3.73. The van der Waals surface area contributed by atoms with E-state index >= 15 is 0 Å². The molecule has 1 aromatic heterocycles. The molecule has 0 amide bonds. The first-order chi connectivity index (χ1) is 18.6. The SMILES string of the molecule is C=C[C@H]1CN2CC[C@H]1C[C@@H]2[C@H](N)c1cc(-c2c3ccccc3cc3ccccc23)nc2ccc(OC)cc12. The molecule has 4 aromatic carbocycles. The molecule has 1 unspecified atom stereocenters. The fraction of sp³-hybridized carbons (Fsp3) is 0.265. The van der Waals surface area contributed by atoms with E-state index in [1.54, 1.807) is 7.11 Å². The van der Waals surface area contributed by atoms with Crippen LogP contribution >= 0.6 is 0 Å². The molecule has 2 bridgehead atoms. The molecule has 0 saturated carbocycles. The number of pyridine rings is 1. The minimum Gasteiger partial charge on any atom is -0.497 e. The Morgan fingerprint density at radius 2 is 1.71 bits per heavy atom. The minimum absolute atomic E-state index is 0.124. The standard InChI is InChI=1S/C34H33N3O/c1-3-21-20-37-15-14-22(21)17-32(37)34(35)29-19-31(36-30-13-12-25(38-2)18-28(29)30)33-26-10-6-4-8-23(26)16-24-9-5-7-11-27(24)33/h3-13,16,18-19,21-22,32,34H,1,14-15,17,20,35H2,2H3/t21-,22-,32+,34+/m0/s1. The van der Waals surface area contributed by atoms with Crippen molar-refractivity contribution in [2.75, 3.05) is 20.2 Å². The van der Waals surface area contributed by atoms with Crippen molar-refractivity contribution in [1.29, 1.82) is 0 Å². The van der Waals surface area contributed by atoms with Gasteiger partial charge in [0.15, 0.2) is 0 Å². The average molecular weight is 500 g/mol. The van der Waals surface area contributed by atoms with Crippen molar-refractivity contribution in [2.45, 2.75) is 24.9 Å². The normalized spacial score (nSPS) is 23.6. The number of methoxy groups -OCH3 is 1. The van der Waals surface area contributed by atoms with Crippen LogP contribution in [0.2, 0.25) is 0 Å². The van der Waals surface area contributed by atoms with Crippen LogP contribution in [0.25, 0.3) is 43.7 Å². The summed E-state index contributed by atoms with van der Waals surface area (Å²) in [6, 6.07) is 28.1. The van der Waals surface area contributed by atoms with Crippen molar-refractivity contribution in [1.82, 2.24) is 9.88 Å². The molecule has 3 aliphatic rings. The highest BCUT2D eigenvalue weighted by Crippen LogP contribution is 2.43. The van der Waals surface area contributed by atoms with Gasteiger partial charge in [-0.1, -0.05) is 54.6 Å². The van der Waals surface area contributed by atoms with Crippen LogP contribution in [0.15, 0.2) is 91.5 Å². The first-order valence-corrected chi connectivity index (χ1v) is 13.7. The summed E-state index contributed by atoms with van der Waals surface area (Å²) in [5.41, 5.74) is 11.5. The quantitative estimate of drug-likeness (QED) is 0.207. The molecule has 3 aliphatic heterocycles. The molecule has 0 aliphatic carbocycles. The number of hydrogen-bond acceptors (Lipinski definition) is 4. The van der Waals surface area contributed by atoms with Crippen LogP contribution in [0.1, 0.15) is 24.4 Å². The molecule has 8 rings (SSSR count). The maximum absolute atomic E-state index is 7.24. The largest absolute Gasteiger partial charge is 0.497 e. The van der Waals surface area contributed by atoms with Gasteiger partial charge in [0.05, 0.1) is 18.3 Å². The molecule has 4 heterocycles. The van der Waals surface area contributed by atoms with Crippen molar-refractivity contribution in [3.8, 4) is 17.0 Å². The van der Waals surface area contributed by atoms with Gasteiger partial charge in [-0.25, -0.2) is 4.98 Å². The van der Waals surface area contributed by atoms with E-state index in [9.17, 15) is 0 Å². The number of ether oxygens (including phenoxy) is 1. The number of nitrogens with two attached hydrogens (primary N) is 1. The van der Waals surface area contributed by atoms with E-state index in [4.69, 9.17) is 15.5 Å². The molecule has 4 heteroatoms. The Balaban J connectivity index is 1.46. The molecule has 3 saturated heterocycles. The van der Waals surface area contributed by atoms with Crippen molar-refractivity contribution >= 4 is 32.4 Å².